The van der Waals surface area contributed by atoms with Crippen LogP contribution in [0.3, 0.4) is 0 Å². The molecule has 0 fully saturated rings. The van der Waals surface area contributed by atoms with Crippen molar-refractivity contribution in [2.24, 2.45) is 0 Å². The Morgan fingerprint density at radius 3 is 2.18 bits per heavy atom. The first-order chi connectivity index (χ1) is 10.1. The number of aliphatic hydroxyl groups is 1. The van der Waals surface area contributed by atoms with E-state index in [1.165, 1.54) is 6.26 Å². The number of likely N-dealkylation sites (N-methyl/N-ethyl adjacent to an activating group) is 1. The Morgan fingerprint density at radius 1 is 1.18 bits per heavy atom. The molecule has 0 aromatic heterocycles. The highest BCUT2D eigenvalue weighted by Gasteiger charge is 2.16. The van der Waals surface area contributed by atoms with Crippen LogP contribution in [0.15, 0.2) is 29.2 Å². The van der Waals surface area contributed by atoms with Crippen molar-refractivity contribution in [3.8, 4) is 0 Å². The van der Waals surface area contributed by atoms with Crippen LogP contribution in [0.1, 0.15) is 32.4 Å². The lowest BCUT2D eigenvalue weighted by Crippen LogP contribution is -2.34. The van der Waals surface area contributed by atoms with Gasteiger partial charge in [-0.1, -0.05) is 12.1 Å². The lowest BCUT2D eigenvalue weighted by molar-refractivity contribution is -0.00949. The van der Waals surface area contributed by atoms with Crippen LogP contribution in [0.25, 0.3) is 0 Å². The minimum absolute atomic E-state index is 0.0716. The van der Waals surface area contributed by atoms with E-state index in [9.17, 15) is 13.5 Å². The number of rotatable bonds is 8. The molecule has 0 saturated carbocycles. The maximum absolute atomic E-state index is 11.5. The summed E-state index contributed by atoms with van der Waals surface area (Å²) in [5.74, 6) is 0. The van der Waals surface area contributed by atoms with Crippen LogP contribution in [-0.4, -0.2) is 57.1 Å². The molecule has 2 atom stereocenters. The first-order valence-corrected chi connectivity index (χ1v) is 9.30. The van der Waals surface area contributed by atoms with Gasteiger partial charge in [0.25, 0.3) is 0 Å². The molecule has 0 spiro atoms. The van der Waals surface area contributed by atoms with E-state index in [1.54, 1.807) is 12.1 Å². The fourth-order valence-corrected chi connectivity index (χ4v) is 2.73. The zero-order chi connectivity index (χ0) is 16.9. The normalized spacial score (nSPS) is 15.3. The Labute approximate surface area is 133 Å². The molecule has 126 valence electrons. The van der Waals surface area contributed by atoms with Crippen LogP contribution >= 0.6 is 0 Å². The van der Waals surface area contributed by atoms with E-state index in [-0.39, 0.29) is 12.1 Å². The first kappa shape index (κ1) is 19.1. The molecule has 0 aliphatic heterocycles. The summed E-state index contributed by atoms with van der Waals surface area (Å²) in [6.07, 6.45) is 0.744. The predicted octanol–water partition coefficient (Wildman–Crippen LogP) is 1.87. The molecule has 1 N–H and O–H groups in total. The summed E-state index contributed by atoms with van der Waals surface area (Å²) in [5, 5.41) is 9.97. The third-order valence-corrected chi connectivity index (χ3v) is 4.70. The highest BCUT2D eigenvalue weighted by atomic mass is 32.2. The van der Waals surface area contributed by atoms with Gasteiger partial charge >= 0.3 is 0 Å². The number of nitrogens with zero attached hydrogens (tertiary/aromatic N) is 1. The third kappa shape index (κ3) is 6.04. The zero-order valence-corrected chi connectivity index (χ0v) is 14.8. The minimum atomic E-state index is -3.17. The number of ether oxygens (including phenoxy) is 1. The first-order valence-electron chi connectivity index (χ1n) is 7.41. The minimum Gasteiger partial charge on any atom is -0.389 e. The number of aliphatic hydroxyl groups excluding tert-OH is 1. The predicted molar refractivity (Wildman–Crippen MR) is 87.7 cm³/mol. The van der Waals surface area contributed by atoms with Gasteiger partial charge in [0.1, 0.15) is 0 Å². The number of hydrogen-bond acceptors (Lipinski definition) is 5. The molecule has 6 heteroatoms. The molecule has 1 rings (SSSR count). The molecule has 0 radical (unpaired) electrons. The summed E-state index contributed by atoms with van der Waals surface area (Å²) >= 11 is 0. The number of benzene rings is 1. The van der Waals surface area contributed by atoms with E-state index in [1.807, 2.05) is 44.9 Å². The summed E-state index contributed by atoms with van der Waals surface area (Å²) in [6.45, 7) is 6.68. The molecule has 0 bridgehead atoms. The highest BCUT2D eigenvalue weighted by molar-refractivity contribution is 7.90. The smallest absolute Gasteiger partial charge is 0.175 e. The molecule has 2 unspecified atom stereocenters. The van der Waals surface area contributed by atoms with Crippen molar-refractivity contribution in [1.82, 2.24) is 4.90 Å². The van der Waals surface area contributed by atoms with Gasteiger partial charge in [0, 0.05) is 18.8 Å². The second-order valence-corrected chi connectivity index (χ2v) is 8.01. The second kappa shape index (κ2) is 8.06. The van der Waals surface area contributed by atoms with E-state index >= 15 is 0 Å². The maximum atomic E-state index is 11.5. The molecule has 0 aliphatic carbocycles. The van der Waals surface area contributed by atoms with Gasteiger partial charge in [-0.15, -0.1) is 0 Å². The Morgan fingerprint density at radius 2 is 1.73 bits per heavy atom. The van der Waals surface area contributed by atoms with E-state index in [0.29, 0.717) is 18.0 Å². The maximum Gasteiger partial charge on any atom is 0.175 e. The fourth-order valence-electron chi connectivity index (χ4n) is 2.09. The standard InChI is InChI=1S/C16H27NO4S/c1-12(2)21-11-15(18)10-17(4)13(3)14-6-8-16(9-7-14)22(5,19)20/h6-9,12-13,15,18H,10-11H2,1-5H3. The number of hydrogen-bond donors (Lipinski definition) is 1. The van der Waals surface area contributed by atoms with Gasteiger partial charge in [-0.2, -0.15) is 0 Å². The van der Waals surface area contributed by atoms with Crippen molar-refractivity contribution >= 4 is 9.84 Å². The molecule has 22 heavy (non-hydrogen) atoms. The number of sulfone groups is 1. The van der Waals surface area contributed by atoms with Gasteiger partial charge in [-0.05, 0) is 45.5 Å². The van der Waals surface area contributed by atoms with Crippen molar-refractivity contribution in [2.45, 2.75) is 43.9 Å². The lowest BCUT2D eigenvalue weighted by atomic mass is 10.1. The Hall–Kier alpha value is -0.950. The van der Waals surface area contributed by atoms with Gasteiger partial charge < -0.3 is 9.84 Å². The molecule has 1 aromatic carbocycles. The van der Waals surface area contributed by atoms with E-state index in [0.717, 1.165) is 5.56 Å². The topological polar surface area (TPSA) is 66.8 Å². The fraction of sp³-hybridized carbons (Fsp3) is 0.625. The van der Waals surface area contributed by atoms with Crippen LogP contribution in [0.5, 0.6) is 0 Å². The largest absolute Gasteiger partial charge is 0.389 e. The molecule has 5 nitrogen and oxygen atoms in total. The Bertz CT molecular complexity index is 554. The Kier molecular flexibility index (Phi) is 6.99. The summed E-state index contributed by atoms with van der Waals surface area (Å²) in [7, 11) is -1.25. The zero-order valence-electron chi connectivity index (χ0n) is 14.0. The van der Waals surface area contributed by atoms with Crippen LogP contribution < -0.4 is 0 Å². The monoisotopic (exact) mass is 329 g/mol. The molecule has 1 aromatic rings. The van der Waals surface area contributed by atoms with E-state index < -0.39 is 15.9 Å². The van der Waals surface area contributed by atoms with Crippen molar-refractivity contribution < 1.29 is 18.3 Å². The quantitative estimate of drug-likeness (QED) is 0.789. The van der Waals surface area contributed by atoms with E-state index in [2.05, 4.69) is 0 Å². The highest BCUT2D eigenvalue weighted by Crippen LogP contribution is 2.21. The molecule has 0 heterocycles. The molecular weight excluding hydrogens is 302 g/mol. The van der Waals surface area contributed by atoms with Gasteiger partial charge in [0.05, 0.1) is 23.7 Å². The lowest BCUT2D eigenvalue weighted by Gasteiger charge is -2.27. The second-order valence-electron chi connectivity index (χ2n) is 5.99. The Balaban J connectivity index is 2.64. The van der Waals surface area contributed by atoms with Crippen molar-refractivity contribution in [3.63, 3.8) is 0 Å². The van der Waals surface area contributed by atoms with Crippen molar-refractivity contribution in [2.75, 3.05) is 26.5 Å². The average molecular weight is 329 g/mol. The average Bonchev–Trinajstić information content (AvgIpc) is 2.43. The molecule has 0 aliphatic rings. The van der Waals surface area contributed by atoms with Crippen LogP contribution in [0.4, 0.5) is 0 Å². The van der Waals surface area contributed by atoms with Crippen LogP contribution in [-0.2, 0) is 14.6 Å². The van der Waals surface area contributed by atoms with Crippen molar-refractivity contribution in [3.05, 3.63) is 29.8 Å². The van der Waals surface area contributed by atoms with Gasteiger partial charge in [0.15, 0.2) is 9.84 Å². The summed E-state index contributed by atoms with van der Waals surface area (Å²) < 4.78 is 28.3. The van der Waals surface area contributed by atoms with Gasteiger partial charge in [-0.3, -0.25) is 4.90 Å². The summed E-state index contributed by atoms with van der Waals surface area (Å²) in [5.41, 5.74) is 1.01. The van der Waals surface area contributed by atoms with Gasteiger partial charge in [-0.25, -0.2) is 8.42 Å². The molecule has 0 amide bonds. The summed E-state index contributed by atoms with van der Waals surface area (Å²) in [4.78, 5) is 2.33. The van der Waals surface area contributed by atoms with Crippen molar-refractivity contribution in [1.29, 1.82) is 0 Å². The SMILES string of the molecule is CC(C)OCC(O)CN(C)C(C)c1ccc(S(C)(=O)=O)cc1. The van der Waals surface area contributed by atoms with Crippen LogP contribution in [0.2, 0.25) is 0 Å². The third-order valence-electron chi connectivity index (χ3n) is 3.57. The molecule has 0 saturated heterocycles. The van der Waals surface area contributed by atoms with Gasteiger partial charge in [0.2, 0.25) is 0 Å². The summed E-state index contributed by atoms with van der Waals surface area (Å²) in [6, 6.07) is 6.94. The van der Waals surface area contributed by atoms with Crippen LogP contribution in [0, 0.1) is 0 Å². The molecular formula is C16H27NO4S. The van der Waals surface area contributed by atoms with E-state index in [4.69, 9.17) is 4.74 Å².